The first-order valence-electron chi connectivity index (χ1n) is 5.63. The van der Waals surface area contributed by atoms with Gasteiger partial charge in [0.1, 0.15) is 0 Å². The predicted molar refractivity (Wildman–Crippen MR) is 70.1 cm³/mol. The summed E-state index contributed by atoms with van der Waals surface area (Å²) in [7, 11) is 4.03. The maximum atomic E-state index is 11.2. The molecule has 1 aromatic rings. The molecule has 3 nitrogen and oxygen atoms in total. The minimum absolute atomic E-state index is 0.612. The van der Waals surface area contributed by atoms with Crippen molar-refractivity contribution in [3.05, 3.63) is 33.8 Å². The van der Waals surface area contributed by atoms with Gasteiger partial charge in [-0.05, 0) is 44.1 Å². The van der Waals surface area contributed by atoms with Gasteiger partial charge in [0.05, 0.1) is 5.41 Å². The van der Waals surface area contributed by atoms with Crippen LogP contribution in [0.25, 0.3) is 0 Å². The van der Waals surface area contributed by atoms with Crippen molar-refractivity contribution in [2.24, 2.45) is 0 Å². The third-order valence-electron chi connectivity index (χ3n) is 3.25. The fourth-order valence-corrected chi connectivity index (χ4v) is 2.57. The minimum atomic E-state index is -0.704. The van der Waals surface area contributed by atoms with E-state index >= 15 is 0 Å². The van der Waals surface area contributed by atoms with E-state index in [1.54, 1.807) is 0 Å². The molecule has 4 heteroatoms. The van der Waals surface area contributed by atoms with Crippen molar-refractivity contribution >= 4 is 21.9 Å². The van der Waals surface area contributed by atoms with E-state index in [0.717, 1.165) is 29.4 Å². The molecule has 1 saturated carbocycles. The lowest BCUT2D eigenvalue weighted by atomic mass is 9.95. The van der Waals surface area contributed by atoms with Crippen LogP contribution in [0, 0.1) is 0 Å². The monoisotopic (exact) mass is 297 g/mol. The van der Waals surface area contributed by atoms with Crippen molar-refractivity contribution in [2.45, 2.75) is 24.8 Å². The molecule has 0 heterocycles. The molecule has 1 aromatic carbocycles. The highest BCUT2D eigenvalue weighted by Crippen LogP contribution is 2.49. The van der Waals surface area contributed by atoms with Crippen LogP contribution in [0.5, 0.6) is 0 Å². The molecule has 0 atom stereocenters. The Balaban J connectivity index is 2.28. The van der Waals surface area contributed by atoms with Gasteiger partial charge in [-0.2, -0.15) is 0 Å². The lowest BCUT2D eigenvalue weighted by Crippen LogP contribution is -2.19. The van der Waals surface area contributed by atoms with Gasteiger partial charge < -0.3 is 10.0 Å². The number of benzene rings is 1. The van der Waals surface area contributed by atoms with Crippen molar-refractivity contribution in [3.63, 3.8) is 0 Å². The summed E-state index contributed by atoms with van der Waals surface area (Å²) in [5, 5.41) is 9.24. The Morgan fingerprint density at radius 2 is 2.12 bits per heavy atom. The summed E-state index contributed by atoms with van der Waals surface area (Å²) in [4.78, 5) is 13.3. The van der Waals surface area contributed by atoms with E-state index in [1.165, 1.54) is 5.56 Å². The Morgan fingerprint density at radius 1 is 1.47 bits per heavy atom. The minimum Gasteiger partial charge on any atom is -0.481 e. The molecule has 1 aliphatic carbocycles. The molecule has 2 rings (SSSR count). The fourth-order valence-electron chi connectivity index (χ4n) is 2.06. The van der Waals surface area contributed by atoms with Crippen molar-refractivity contribution in [3.8, 4) is 0 Å². The van der Waals surface area contributed by atoms with Gasteiger partial charge in [-0.3, -0.25) is 4.79 Å². The van der Waals surface area contributed by atoms with E-state index < -0.39 is 11.4 Å². The van der Waals surface area contributed by atoms with Gasteiger partial charge in [0.2, 0.25) is 0 Å². The van der Waals surface area contributed by atoms with Crippen LogP contribution in [0.15, 0.2) is 22.7 Å². The van der Waals surface area contributed by atoms with Crippen molar-refractivity contribution in [1.29, 1.82) is 0 Å². The Morgan fingerprint density at radius 3 is 2.53 bits per heavy atom. The SMILES string of the molecule is CN(C)Cc1ccc(C2(C(=O)O)CC2)cc1Br. The molecule has 0 aliphatic heterocycles. The van der Waals surface area contributed by atoms with Crippen LogP contribution >= 0.6 is 15.9 Å². The molecule has 0 radical (unpaired) electrons. The zero-order valence-electron chi connectivity index (χ0n) is 10.0. The second kappa shape index (κ2) is 4.42. The van der Waals surface area contributed by atoms with Crippen LogP contribution in [0.3, 0.4) is 0 Å². The van der Waals surface area contributed by atoms with Gasteiger partial charge in [-0.1, -0.05) is 28.1 Å². The molecule has 92 valence electrons. The van der Waals surface area contributed by atoms with Crippen LogP contribution in [-0.2, 0) is 16.8 Å². The number of aliphatic carboxylic acids is 1. The molecule has 0 unspecified atom stereocenters. The first kappa shape index (κ1) is 12.6. The van der Waals surface area contributed by atoms with Crippen LogP contribution in [0.4, 0.5) is 0 Å². The van der Waals surface area contributed by atoms with Gasteiger partial charge in [0.15, 0.2) is 0 Å². The fraction of sp³-hybridized carbons (Fsp3) is 0.462. The van der Waals surface area contributed by atoms with Gasteiger partial charge in [0.25, 0.3) is 0 Å². The highest BCUT2D eigenvalue weighted by atomic mass is 79.9. The van der Waals surface area contributed by atoms with E-state index in [9.17, 15) is 9.90 Å². The Kier molecular flexibility index (Phi) is 3.27. The van der Waals surface area contributed by atoms with E-state index in [0.29, 0.717) is 0 Å². The molecule has 0 bridgehead atoms. The Labute approximate surface area is 110 Å². The number of carbonyl (C=O) groups is 1. The molecular formula is C13H16BrNO2. The number of carboxylic acid groups (broad SMARTS) is 1. The number of nitrogens with zero attached hydrogens (tertiary/aromatic N) is 1. The third-order valence-corrected chi connectivity index (χ3v) is 3.99. The summed E-state index contributed by atoms with van der Waals surface area (Å²) in [6, 6.07) is 5.92. The normalized spacial score (nSPS) is 17.2. The molecule has 0 spiro atoms. The van der Waals surface area contributed by atoms with E-state index in [1.807, 2.05) is 32.3 Å². The predicted octanol–water partition coefficient (Wildman–Crippen LogP) is 2.63. The van der Waals surface area contributed by atoms with E-state index in [2.05, 4.69) is 20.8 Å². The maximum absolute atomic E-state index is 11.2. The van der Waals surface area contributed by atoms with E-state index in [4.69, 9.17) is 0 Å². The lowest BCUT2D eigenvalue weighted by Gasteiger charge is -2.15. The van der Waals surface area contributed by atoms with Crippen LogP contribution in [-0.4, -0.2) is 30.1 Å². The van der Waals surface area contributed by atoms with Crippen molar-refractivity contribution in [2.75, 3.05) is 14.1 Å². The van der Waals surface area contributed by atoms with Crippen molar-refractivity contribution < 1.29 is 9.90 Å². The number of carboxylic acids is 1. The number of hydrogen-bond acceptors (Lipinski definition) is 2. The second-order valence-electron chi connectivity index (χ2n) is 4.93. The quantitative estimate of drug-likeness (QED) is 0.929. The Bertz CT molecular complexity index is 453. The highest BCUT2D eigenvalue weighted by Gasteiger charge is 2.51. The summed E-state index contributed by atoms with van der Waals surface area (Å²) >= 11 is 3.53. The molecular weight excluding hydrogens is 282 g/mol. The first-order valence-corrected chi connectivity index (χ1v) is 6.42. The third kappa shape index (κ3) is 2.38. The summed E-state index contributed by atoms with van der Waals surface area (Å²) in [6.45, 7) is 0.848. The van der Waals surface area contributed by atoms with Gasteiger partial charge >= 0.3 is 5.97 Å². The van der Waals surface area contributed by atoms with Crippen LogP contribution in [0.1, 0.15) is 24.0 Å². The zero-order valence-corrected chi connectivity index (χ0v) is 11.6. The Hall–Kier alpha value is -0.870. The molecule has 1 fully saturated rings. The molecule has 0 aromatic heterocycles. The second-order valence-corrected chi connectivity index (χ2v) is 5.79. The van der Waals surface area contributed by atoms with E-state index in [-0.39, 0.29) is 0 Å². The van der Waals surface area contributed by atoms with Crippen LogP contribution < -0.4 is 0 Å². The molecule has 0 saturated heterocycles. The average molecular weight is 298 g/mol. The largest absolute Gasteiger partial charge is 0.481 e. The highest BCUT2D eigenvalue weighted by molar-refractivity contribution is 9.10. The number of halogens is 1. The topological polar surface area (TPSA) is 40.5 Å². The number of hydrogen-bond donors (Lipinski definition) is 1. The van der Waals surface area contributed by atoms with Gasteiger partial charge in [-0.15, -0.1) is 0 Å². The van der Waals surface area contributed by atoms with Crippen molar-refractivity contribution in [1.82, 2.24) is 4.90 Å². The standard InChI is InChI=1S/C13H16BrNO2/c1-15(2)8-9-3-4-10(7-11(9)14)13(5-6-13)12(16)17/h3-4,7H,5-6,8H2,1-2H3,(H,16,17). The lowest BCUT2D eigenvalue weighted by molar-refractivity contribution is -0.140. The molecule has 0 amide bonds. The zero-order chi connectivity index (χ0) is 12.6. The van der Waals surface area contributed by atoms with Crippen LogP contribution in [0.2, 0.25) is 0 Å². The molecule has 17 heavy (non-hydrogen) atoms. The summed E-state index contributed by atoms with van der Waals surface area (Å²) in [5.74, 6) is -0.704. The summed E-state index contributed by atoms with van der Waals surface area (Å²) in [6.07, 6.45) is 1.50. The smallest absolute Gasteiger partial charge is 0.314 e. The summed E-state index contributed by atoms with van der Waals surface area (Å²) < 4.78 is 0.997. The first-order chi connectivity index (χ1) is 7.95. The van der Waals surface area contributed by atoms with Gasteiger partial charge in [0, 0.05) is 11.0 Å². The van der Waals surface area contributed by atoms with Gasteiger partial charge in [-0.25, -0.2) is 0 Å². The average Bonchev–Trinajstić information content (AvgIpc) is 3.01. The molecule has 1 N–H and O–H groups in total. The maximum Gasteiger partial charge on any atom is 0.314 e. The summed E-state index contributed by atoms with van der Waals surface area (Å²) in [5.41, 5.74) is 1.48. The number of rotatable bonds is 4. The molecule has 1 aliphatic rings.